The first kappa shape index (κ1) is 23.8. The zero-order chi connectivity index (χ0) is 23.8. The molecule has 0 radical (unpaired) electrons. The van der Waals surface area contributed by atoms with Gasteiger partial charge < -0.3 is 18.9 Å². The van der Waals surface area contributed by atoms with Crippen molar-refractivity contribution < 1.29 is 28.5 Å². The van der Waals surface area contributed by atoms with E-state index in [0.717, 1.165) is 4.47 Å². The highest BCUT2D eigenvalue weighted by Gasteiger charge is 2.15. The van der Waals surface area contributed by atoms with Crippen LogP contribution < -0.4 is 24.4 Å². The molecule has 0 spiro atoms. The van der Waals surface area contributed by atoms with E-state index >= 15 is 0 Å². The Hall–Kier alpha value is -3.85. The number of amides is 1. The summed E-state index contributed by atoms with van der Waals surface area (Å²) in [6.07, 6.45) is 1.46. The number of hydrogen-bond donors (Lipinski definition) is 1. The summed E-state index contributed by atoms with van der Waals surface area (Å²) in [6, 6.07) is 16.5. The molecule has 1 N–H and O–H groups in total. The number of hydrazone groups is 1. The Kier molecular flexibility index (Phi) is 8.04. The van der Waals surface area contributed by atoms with E-state index in [1.54, 1.807) is 54.6 Å². The van der Waals surface area contributed by atoms with Gasteiger partial charge in [-0.05, 0) is 66.2 Å². The van der Waals surface area contributed by atoms with Crippen LogP contribution in [0.1, 0.15) is 26.3 Å². The first-order valence-corrected chi connectivity index (χ1v) is 10.5. The van der Waals surface area contributed by atoms with Crippen molar-refractivity contribution in [3.63, 3.8) is 0 Å². The molecule has 8 nitrogen and oxygen atoms in total. The van der Waals surface area contributed by atoms with E-state index in [-0.39, 0.29) is 17.2 Å². The number of halogens is 1. The van der Waals surface area contributed by atoms with Crippen LogP contribution in [0.15, 0.2) is 70.2 Å². The highest BCUT2D eigenvalue weighted by atomic mass is 79.9. The van der Waals surface area contributed by atoms with Gasteiger partial charge in [0.2, 0.25) is 0 Å². The van der Waals surface area contributed by atoms with Crippen LogP contribution in [0.5, 0.6) is 23.0 Å². The van der Waals surface area contributed by atoms with Crippen LogP contribution in [-0.4, -0.2) is 39.4 Å². The van der Waals surface area contributed by atoms with Crippen molar-refractivity contribution in [2.45, 2.75) is 0 Å². The second kappa shape index (κ2) is 11.1. The predicted molar refractivity (Wildman–Crippen MR) is 127 cm³/mol. The van der Waals surface area contributed by atoms with Crippen molar-refractivity contribution in [1.82, 2.24) is 5.43 Å². The minimum atomic E-state index is -0.586. The lowest BCUT2D eigenvalue weighted by Crippen LogP contribution is -2.17. The van der Waals surface area contributed by atoms with Crippen molar-refractivity contribution >= 4 is 34.0 Å². The minimum Gasteiger partial charge on any atom is -0.493 e. The number of carbonyl (C=O) groups excluding carboxylic acids is 2. The molecule has 0 aliphatic heterocycles. The van der Waals surface area contributed by atoms with Crippen LogP contribution in [0.2, 0.25) is 0 Å². The first-order valence-electron chi connectivity index (χ1n) is 9.66. The highest BCUT2D eigenvalue weighted by Crippen LogP contribution is 2.31. The number of carbonyl (C=O) groups is 2. The maximum absolute atomic E-state index is 12.6. The fraction of sp³-hybridized carbons (Fsp3) is 0.125. The summed E-state index contributed by atoms with van der Waals surface area (Å²) in [4.78, 5) is 24.7. The molecule has 0 aliphatic rings. The average Bonchev–Trinajstić information content (AvgIpc) is 2.84. The molecule has 0 saturated heterocycles. The van der Waals surface area contributed by atoms with E-state index in [1.165, 1.54) is 33.6 Å². The average molecular weight is 513 g/mol. The highest BCUT2D eigenvalue weighted by molar-refractivity contribution is 9.10. The van der Waals surface area contributed by atoms with Gasteiger partial charge in [0.15, 0.2) is 23.0 Å². The summed E-state index contributed by atoms with van der Waals surface area (Å²) in [7, 11) is 4.45. The molecule has 0 saturated carbocycles. The summed E-state index contributed by atoms with van der Waals surface area (Å²) >= 11 is 3.32. The van der Waals surface area contributed by atoms with Crippen molar-refractivity contribution in [1.29, 1.82) is 0 Å². The molecule has 1 amide bonds. The van der Waals surface area contributed by atoms with Crippen LogP contribution in [-0.2, 0) is 0 Å². The second-order valence-electron chi connectivity index (χ2n) is 6.58. The monoisotopic (exact) mass is 512 g/mol. The predicted octanol–water partition coefficient (Wildman–Crippen LogP) is 4.46. The molecule has 3 aromatic carbocycles. The Balaban J connectivity index is 1.69. The van der Waals surface area contributed by atoms with Crippen LogP contribution in [0, 0.1) is 0 Å². The molecule has 0 fully saturated rings. The molecule has 0 aromatic heterocycles. The lowest BCUT2D eigenvalue weighted by molar-refractivity contribution is 0.0729. The summed E-state index contributed by atoms with van der Waals surface area (Å²) in [5, 5.41) is 3.96. The maximum Gasteiger partial charge on any atom is 0.343 e. The molecular formula is C24H21BrN2O6. The number of nitrogens with zero attached hydrogens (tertiary/aromatic N) is 1. The molecule has 0 aliphatic carbocycles. The van der Waals surface area contributed by atoms with Crippen LogP contribution in [0.25, 0.3) is 0 Å². The van der Waals surface area contributed by atoms with Gasteiger partial charge in [-0.15, -0.1) is 0 Å². The van der Waals surface area contributed by atoms with Gasteiger partial charge in [0.05, 0.1) is 33.1 Å². The minimum absolute atomic E-state index is 0.230. The summed E-state index contributed by atoms with van der Waals surface area (Å²) in [5.74, 6) is 0.544. The number of hydrogen-bond acceptors (Lipinski definition) is 7. The summed E-state index contributed by atoms with van der Waals surface area (Å²) in [5.41, 5.74) is 3.86. The topological polar surface area (TPSA) is 95.5 Å². The zero-order valence-electron chi connectivity index (χ0n) is 18.1. The van der Waals surface area contributed by atoms with Gasteiger partial charge in [-0.3, -0.25) is 4.79 Å². The van der Waals surface area contributed by atoms with Gasteiger partial charge >= 0.3 is 5.97 Å². The lowest BCUT2D eigenvalue weighted by atomic mass is 10.2. The summed E-state index contributed by atoms with van der Waals surface area (Å²) in [6.45, 7) is 0. The van der Waals surface area contributed by atoms with Crippen LogP contribution >= 0.6 is 15.9 Å². The standard InChI is InChI=1S/C24H21BrN2O6/c1-30-19-11-7-17(13-22(19)32-3)24(29)33-20-10-4-15(12-21(20)31-2)14-26-27-23(28)16-5-8-18(25)9-6-16/h4-14H,1-3H3,(H,27,28). The third-order valence-corrected chi connectivity index (χ3v) is 5.02. The van der Waals surface area contributed by atoms with Crippen molar-refractivity contribution in [3.05, 3.63) is 81.8 Å². The van der Waals surface area contributed by atoms with Crippen molar-refractivity contribution in [3.8, 4) is 23.0 Å². The van der Waals surface area contributed by atoms with E-state index in [1.807, 2.05) is 0 Å². The van der Waals surface area contributed by atoms with E-state index in [2.05, 4.69) is 26.5 Å². The molecule has 0 heterocycles. The molecule has 33 heavy (non-hydrogen) atoms. The maximum atomic E-state index is 12.6. The molecule has 3 aromatic rings. The summed E-state index contributed by atoms with van der Waals surface area (Å²) < 4.78 is 22.1. The van der Waals surface area contributed by atoms with Gasteiger partial charge in [0, 0.05) is 10.0 Å². The third-order valence-electron chi connectivity index (χ3n) is 4.50. The van der Waals surface area contributed by atoms with E-state index in [4.69, 9.17) is 18.9 Å². The molecular weight excluding hydrogens is 492 g/mol. The number of ether oxygens (including phenoxy) is 4. The molecule has 170 valence electrons. The quantitative estimate of drug-likeness (QED) is 0.207. The Morgan fingerprint density at radius 2 is 1.39 bits per heavy atom. The van der Waals surface area contributed by atoms with E-state index in [9.17, 15) is 9.59 Å². The number of rotatable bonds is 8. The first-order chi connectivity index (χ1) is 15.9. The van der Waals surface area contributed by atoms with E-state index < -0.39 is 5.97 Å². The van der Waals surface area contributed by atoms with Gasteiger partial charge in [-0.2, -0.15) is 5.10 Å². The molecule has 0 atom stereocenters. The Bertz CT molecular complexity index is 1180. The molecule has 0 bridgehead atoms. The number of methoxy groups -OCH3 is 3. The smallest absolute Gasteiger partial charge is 0.343 e. The van der Waals surface area contributed by atoms with Gasteiger partial charge in [-0.1, -0.05) is 15.9 Å². The number of nitrogens with one attached hydrogen (secondary N) is 1. The van der Waals surface area contributed by atoms with Crippen LogP contribution in [0.3, 0.4) is 0 Å². The SMILES string of the molecule is COc1ccc(C(=O)Oc2ccc(C=NNC(=O)c3ccc(Br)cc3)cc2OC)cc1OC. The molecule has 3 rings (SSSR count). The van der Waals surface area contributed by atoms with Gasteiger partial charge in [0.1, 0.15) is 0 Å². The Morgan fingerprint density at radius 3 is 2.06 bits per heavy atom. The van der Waals surface area contributed by atoms with Gasteiger partial charge in [0.25, 0.3) is 5.91 Å². The van der Waals surface area contributed by atoms with Gasteiger partial charge in [-0.25, -0.2) is 10.2 Å². The number of benzene rings is 3. The van der Waals surface area contributed by atoms with Crippen LogP contribution in [0.4, 0.5) is 0 Å². The normalized spacial score (nSPS) is 10.5. The fourth-order valence-electron chi connectivity index (χ4n) is 2.80. The second-order valence-corrected chi connectivity index (χ2v) is 7.49. The van der Waals surface area contributed by atoms with Crippen molar-refractivity contribution in [2.75, 3.05) is 21.3 Å². The number of esters is 1. The molecule has 9 heteroatoms. The third kappa shape index (κ3) is 6.11. The largest absolute Gasteiger partial charge is 0.493 e. The lowest BCUT2D eigenvalue weighted by Gasteiger charge is -2.11. The Labute approximate surface area is 199 Å². The Morgan fingerprint density at radius 1 is 0.788 bits per heavy atom. The molecule has 0 unspecified atom stereocenters. The van der Waals surface area contributed by atoms with E-state index in [0.29, 0.717) is 28.4 Å². The fourth-order valence-corrected chi connectivity index (χ4v) is 3.07. The zero-order valence-corrected chi connectivity index (χ0v) is 19.7. The van der Waals surface area contributed by atoms with Crippen molar-refractivity contribution in [2.24, 2.45) is 5.10 Å².